The van der Waals surface area contributed by atoms with Crippen molar-refractivity contribution in [3.8, 4) is 0 Å². The molecule has 0 unspecified atom stereocenters. The summed E-state index contributed by atoms with van der Waals surface area (Å²) in [5.41, 5.74) is 2.66. The Morgan fingerprint density at radius 3 is 2.23 bits per heavy atom. The summed E-state index contributed by atoms with van der Waals surface area (Å²) in [6, 6.07) is 21.3. The van der Waals surface area contributed by atoms with Crippen molar-refractivity contribution >= 4 is 5.91 Å². The van der Waals surface area contributed by atoms with Gasteiger partial charge in [-0.05, 0) is 50.3 Å². The highest BCUT2D eigenvalue weighted by Gasteiger charge is 2.24. The largest absolute Gasteiger partial charge is 0.342 e. The Labute approximate surface area is 157 Å². The maximum atomic E-state index is 12.7. The summed E-state index contributed by atoms with van der Waals surface area (Å²) < 4.78 is 0. The summed E-state index contributed by atoms with van der Waals surface area (Å²) in [5.74, 6) is 0.955. The van der Waals surface area contributed by atoms with Gasteiger partial charge in [0.05, 0.1) is 6.54 Å². The van der Waals surface area contributed by atoms with E-state index in [0.717, 1.165) is 32.4 Å². The van der Waals surface area contributed by atoms with E-state index in [0.29, 0.717) is 12.5 Å². The second-order valence-corrected chi connectivity index (χ2v) is 7.52. The monoisotopic (exact) mass is 350 g/mol. The Hall–Kier alpha value is -2.13. The van der Waals surface area contributed by atoms with Gasteiger partial charge >= 0.3 is 0 Å². The van der Waals surface area contributed by atoms with Crippen LogP contribution in [-0.4, -0.2) is 42.4 Å². The first-order valence-electron chi connectivity index (χ1n) is 9.70. The minimum Gasteiger partial charge on any atom is -0.342 e. The van der Waals surface area contributed by atoms with Crippen LogP contribution >= 0.6 is 0 Å². The van der Waals surface area contributed by atoms with E-state index in [2.05, 4.69) is 71.3 Å². The van der Waals surface area contributed by atoms with Crippen molar-refractivity contribution in [1.29, 1.82) is 0 Å². The summed E-state index contributed by atoms with van der Waals surface area (Å²) >= 11 is 0. The SMILES string of the molecule is C[C@H](c1ccccc1)N(C)CC(=O)N1CCC(Cc2ccccc2)CC1. The summed E-state index contributed by atoms with van der Waals surface area (Å²) in [7, 11) is 2.04. The van der Waals surface area contributed by atoms with Gasteiger partial charge in [0.15, 0.2) is 0 Å². The summed E-state index contributed by atoms with van der Waals surface area (Å²) in [4.78, 5) is 16.9. The fourth-order valence-electron chi connectivity index (χ4n) is 3.77. The quantitative estimate of drug-likeness (QED) is 0.781. The van der Waals surface area contributed by atoms with Crippen LogP contribution in [-0.2, 0) is 11.2 Å². The number of piperidine rings is 1. The van der Waals surface area contributed by atoms with Gasteiger partial charge in [0.25, 0.3) is 0 Å². The van der Waals surface area contributed by atoms with Crippen LogP contribution in [0, 0.1) is 5.92 Å². The van der Waals surface area contributed by atoms with Crippen LogP contribution in [0.2, 0.25) is 0 Å². The number of amides is 1. The normalized spacial score (nSPS) is 16.7. The second-order valence-electron chi connectivity index (χ2n) is 7.52. The molecule has 1 amide bonds. The molecule has 26 heavy (non-hydrogen) atoms. The summed E-state index contributed by atoms with van der Waals surface area (Å²) in [6.07, 6.45) is 3.35. The van der Waals surface area contributed by atoms with E-state index in [9.17, 15) is 4.79 Å². The molecule has 1 heterocycles. The summed E-state index contributed by atoms with van der Waals surface area (Å²) in [5, 5.41) is 0. The van der Waals surface area contributed by atoms with Crippen molar-refractivity contribution < 1.29 is 4.79 Å². The van der Waals surface area contributed by atoms with E-state index >= 15 is 0 Å². The molecule has 1 aliphatic rings. The highest BCUT2D eigenvalue weighted by atomic mass is 16.2. The van der Waals surface area contributed by atoms with Gasteiger partial charge in [-0.3, -0.25) is 9.69 Å². The number of rotatable bonds is 6. The zero-order valence-electron chi connectivity index (χ0n) is 16.0. The van der Waals surface area contributed by atoms with Crippen LogP contribution in [0.4, 0.5) is 0 Å². The molecule has 0 aliphatic carbocycles. The third kappa shape index (κ3) is 4.95. The molecule has 2 aromatic rings. The molecule has 0 spiro atoms. The van der Waals surface area contributed by atoms with Gasteiger partial charge < -0.3 is 4.90 Å². The number of carbonyl (C=O) groups is 1. The number of nitrogens with zero attached hydrogens (tertiary/aromatic N) is 2. The van der Waals surface area contributed by atoms with E-state index in [1.54, 1.807) is 0 Å². The van der Waals surface area contributed by atoms with E-state index in [1.165, 1.54) is 11.1 Å². The molecular weight excluding hydrogens is 320 g/mol. The van der Waals surface area contributed by atoms with Crippen LogP contribution in [0.1, 0.15) is 36.9 Å². The standard InChI is InChI=1S/C23H30N2O/c1-19(22-11-7-4-8-12-22)24(2)18-23(26)25-15-13-21(14-16-25)17-20-9-5-3-6-10-20/h3-12,19,21H,13-18H2,1-2H3/t19-/m1/s1. The molecule has 138 valence electrons. The zero-order valence-corrected chi connectivity index (χ0v) is 16.0. The van der Waals surface area contributed by atoms with E-state index < -0.39 is 0 Å². The Morgan fingerprint density at radius 2 is 1.62 bits per heavy atom. The Bertz CT molecular complexity index is 678. The predicted octanol–water partition coefficient (Wildman–Crippen LogP) is 4.16. The minimum absolute atomic E-state index is 0.246. The number of carbonyl (C=O) groups excluding carboxylic acids is 1. The fourth-order valence-corrected chi connectivity index (χ4v) is 3.77. The smallest absolute Gasteiger partial charge is 0.236 e. The topological polar surface area (TPSA) is 23.6 Å². The van der Waals surface area contributed by atoms with Crippen LogP contribution in [0.3, 0.4) is 0 Å². The number of hydrogen-bond acceptors (Lipinski definition) is 2. The molecule has 1 fully saturated rings. The Morgan fingerprint density at radius 1 is 1.04 bits per heavy atom. The number of benzene rings is 2. The molecule has 0 bridgehead atoms. The maximum Gasteiger partial charge on any atom is 0.236 e. The second kappa shape index (κ2) is 9.00. The number of hydrogen-bond donors (Lipinski definition) is 0. The van der Waals surface area contributed by atoms with Crippen molar-refractivity contribution in [3.05, 3.63) is 71.8 Å². The van der Waals surface area contributed by atoms with Crippen LogP contribution in [0.25, 0.3) is 0 Å². The van der Waals surface area contributed by atoms with Crippen molar-refractivity contribution in [3.63, 3.8) is 0 Å². The highest BCUT2D eigenvalue weighted by Crippen LogP contribution is 2.23. The van der Waals surface area contributed by atoms with Gasteiger partial charge in [-0.15, -0.1) is 0 Å². The van der Waals surface area contributed by atoms with Crippen molar-refractivity contribution in [2.45, 2.75) is 32.2 Å². The predicted molar refractivity (Wildman–Crippen MR) is 107 cm³/mol. The van der Waals surface area contributed by atoms with Crippen LogP contribution in [0.15, 0.2) is 60.7 Å². The van der Waals surface area contributed by atoms with E-state index in [4.69, 9.17) is 0 Å². The molecule has 0 aromatic heterocycles. The van der Waals surface area contributed by atoms with Gasteiger partial charge in [0.1, 0.15) is 0 Å². The fraction of sp³-hybridized carbons (Fsp3) is 0.435. The van der Waals surface area contributed by atoms with E-state index in [1.807, 2.05) is 13.1 Å². The average molecular weight is 351 g/mol. The maximum absolute atomic E-state index is 12.7. The minimum atomic E-state index is 0.246. The number of likely N-dealkylation sites (N-methyl/N-ethyl adjacent to an activating group) is 1. The van der Waals surface area contributed by atoms with Crippen molar-refractivity contribution in [1.82, 2.24) is 9.80 Å². The van der Waals surface area contributed by atoms with Gasteiger partial charge in [-0.25, -0.2) is 0 Å². The lowest BCUT2D eigenvalue weighted by Crippen LogP contribution is -2.44. The van der Waals surface area contributed by atoms with Gasteiger partial charge in [-0.2, -0.15) is 0 Å². The lowest BCUT2D eigenvalue weighted by molar-refractivity contribution is -0.134. The molecule has 3 nitrogen and oxygen atoms in total. The molecule has 0 radical (unpaired) electrons. The van der Waals surface area contributed by atoms with Crippen molar-refractivity contribution in [2.24, 2.45) is 5.92 Å². The van der Waals surface area contributed by atoms with Gasteiger partial charge in [0.2, 0.25) is 5.91 Å². The van der Waals surface area contributed by atoms with Crippen molar-refractivity contribution in [2.75, 3.05) is 26.7 Å². The third-order valence-electron chi connectivity index (χ3n) is 5.66. The molecule has 0 saturated carbocycles. The number of likely N-dealkylation sites (tertiary alicyclic amines) is 1. The molecule has 3 heteroatoms. The van der Waals surface area contributed by atoms with Crippen LogP contribution < -0.4 is 0 Å². The molecule has 1 atom stereocenters. The van der Waals surface area contributed by atoms with Gasteiger partial charge in [-0.1, -0.05) is 60.7 Å². The Balaban J connectivity index is 1.46. The van der Waals surface area contributed by atoms with Crippen LogP contribution in [0.5, 0.6) is 0 Å². The molecular formula is C23H30N2O. The Kier molecular flexibility index (Phi) is 6.45. The third-order valence-corrected chi connectivity index (χ3v) is 5.66. The average Bonchev–Trinajstić information content (AvgIpc) is 2.69. The van der Waals surface area contributed by atoms with E-state index in [-0.39, 0.29) is 11.9 Å². The summed E-state index contributed by atoms with van der Waals surface area (Å²) in [6.45, 7) is 4.43. The highest BCUT2D eigenvalue weighted by molar-refractivity contribution is 5.78. The first-order chi connectivity index (χ1) is 12.6. The molecule has 3 rings (SSSR count). The first-order valence-corrected chi connectivity index (χ1v) is 9.70. The first kappa shape index (κ1) is 18.7. The zero-order chi connectivity index (χ0) is 18.4. The molecule has 2 aromatic carbocycles. The molecule has 0 N–H and O–H groups in total. The van der Waals surface area contributed by atoms with Gasteiger partial charge in [0, 0.05) is 19.1 Å². The molecule has 1 aliphatic heterocycles. The lowest BCUT2D eigenvalue weighted by Gasteiger charge is -2.34. The lowest BCUT2D eigenvalue weighted by atomic mass is 9.90. The molecule has 1 saturated heterocycles.